The molecule has 0 aromatic carbocycles. The van der Waals surface area contributed by atoms with Crippen molar-refractivity contribution in [2.75, 3.05) is 33.8 Å². The van der Waals surface area contributed by atoms with Crippen LogP contribution in [0.4, 0.5) is 0 Å². The number of nitrogens with one attached hydrogen (secondary N) is 1. The van der Waals surface area contributed by atoms with Crippen LogP contribution in [0.5, 0.6) is 0 Å². The van der Waals surface area contributed by atoms with Crippen molar-refractivity contribution in [2.45, 2.75) is 38.8 Å². The van der Waals surface area contributed by atoms with Gasteiger partial charge in [-0.2, -0.15) is 0 Å². The molecule has 1 heterocycles. The normalized spacial score (nSPS) is 25.8. The molecule has 1 aliphatic rings. The highest BCUT2D eigenvalue weighted by Crippen LogP contribution is 2.22. The second-order valence-corrected chi connectivity index (χ2v) is 4.82. The maximum absolute atomic E-state index is 5.57. The molecule has 0 saturated carbocycles. The molecule has 0 aliphatic carbocycles. The van der Waals surface area contributed by atoms with Crippen LogP contribution in [-0.4, -0.2) is 50.8 Å². The average Bonchev–Trinajstić information content (AvgIpc) is 2.26. The van der Waals surface area contributed by atoms with Crippen LogP contribution >= 0.6 is 0 Å². The summed E-state index contributed by atoms with van der Waals surface area (Å²) in [4.78, 5) is 2.57. The van der Waals surface area contributed by atoms with E-state index in [0.717, 1.165) is 6.54 Å². The lowest BCUT2D eigenvalue weighted by Gasteiger charge is -2.38. The van der Waals surface area contributed by atoms with Gasteiger partial charge >= 0.3 is 0 Å². The van der Waals surface area contributed by atoms with Crippen molar-refractivity contribution < 1.29 is 4.74 Å². The molecule has 0 aromatic rings. The van der Waals surface area contributed by atoms with E-state index in [1.165, 1.54) is 25.9 Å². The van der Waals surface area contributed by atoms with Gasteiger partial charge in [-0.3, -0.25) is 0 Å². The molecular weight excluding hydrogens is 188 g/mol. The number of hydrogen-bond acceptors (Lipinski definition) is 3. The van der Waals surface area contributed by atoms with Gasteiger partial charge in [-0.15, -0.1) is 0 Å². The van der Waals surface area contributed by atoms with Crippen molar-refractivity contribution in [3.05, 3.63) is 0 Å². The quantitative estimate of drug-likeness (QED) is 0.747. The lowest BCUT2D eigenvalue weighted by Crippen LogP contribution is -2.46. The lowest BCUT2D eigenvalue weighted by molar-refractivity contribution is 0.0103. The number of piperidine rings is 1. The van der Waals surface area contributed by atoms with Crippen molar-refractivity contribution in [1.29, 1.82) is 0 Å². The maximum Gasteiger partial charge on any atom is 0.0735 e. The zero-order valence-electron chi connectivity index (χ0n) is 10.6. The highest BCUT2D eigenvalue weighted by molar-refractivity contribution is 4.81. The molecule has 1 rings (SSSR count). The van der Waals surface area contributed by atoms with Crippen molar-refractivity contribution >= 4 is 0 Å². The fraction of sp³-hybridized carbons (Fsp3) is 1.00. The van der Waals surface area contributed by atoms with E-state index in [0.29, 0.717) is 18.1 Å². The molecule has 2 unspecified atom stereocenters. The topological polar surface area (TPSA) is 24.5 Å². The van der Waals surface area contributed by atoms with Crippen molar-refractivity contribution in [3.8, 4) is 0 Å². The van der Waals surface area contributed by atoms with Gasteiger partial charge in [-0.1, -0.05) is 0 Å². The largest absolute Gasteiger partial charge is 0.380 e. The minimum Gasteiger partial charge on any atom is -0.380 e. The molecule has 0 radical (unpaired) electrons. The van der Waals surface area contributed by atoms with E-state index < -0.39 is 0 Å². The highest BCUT2D eigenvalue weighted by Gasteiger charge is 2.27. The van der Waals surface area contributed by atoms with E-state index in [2.05, 4.69) is 24.1 Å². The Kier molecular flexibility index (Phi) is 5.58. The first-order chi connectivity index (χ1) is 7.19. The number of hydrogen-bond donors (Lipinski definition) is 1. The minimum atomic E-state index is 0.372. The number of likely N-dealkylation sites (N-methyl/N-ethyl adjacent to an activating group) is 1. The van der Waals surface area contributed by atoms with E-state index >= 15 is 0 Å². The third-order valence-corrected chi connectivity index (χ3v) is 3.45. The second-order valence-electron chi connectivity index (χ2n) is 4.82. The molecule has 90 valence electrons. The average molecular weight is 214 g/mol. The summed E-state index contributed by atoms with van der Waals surface area (Å²) in [5, 5.41) is 3.22. The Labute approximate surface area is 94.2 Å². The molecule has 15 heavy (non-hydrogen) atoms. The predicted molar refractivity (Wildman–Crippen MR) is 64.2 cm³/mol. The van der Waals surface area contributed by atoms with Gasteiger partial charge in [0.1, 0.15) is 0 Å². The first kappa shape index (κ1) is 12.9. The van der Waals surface area contributed by atoms with E-state index in [4.69, 9.17) is 4.74 Å². The summed E-state index contributed by atoms with van der Waals surface area (Å²) >= 11 is 0. The van der Waals surface area contributed by atoms with Gasteiger partial charge in [0.15, 0.2) is 0 Å². The van der Waals surface area contributed by atoms with Crippen molar-refractivity contribution in [1.82, 2.24) is 10.2 Å². The molecular formula is C12H26N2O. The van der Waals surface area contributed by atoms with Gasteiger partial charge in [-0.05, 0) is 46.2 Å². The van der Waals surface area contributed by atoms with Gasteiger partial charge in [0.05, 0.1) is 6.10 Å². The lowest BCUT2D eigenvalue weighted by atomic mass is 9.91. The second kappa shape index (κ2) is 6.46. The van der Waals surface area contributed by atoms with E-state index in [1.54, 1.807) is 0 Å². The summed E-state index contributed by atoms with van der Waals surface area (Å²) in [5.41, 5.74) is 0. The number of likely N-dealkylation sites (tertiary alicyclic amines) is 1. The summed E-state index contributed by atoms with van der Waals surface area (Å²) in [5.74, 6) is 0.693. The molecule has 0 spiro atoms. The fourth-order valence-corrected chi connectivity index (χ4v) is 2.46. The monoisotopic (exact) mass is 214 g/mol. The number of nitrogens with zero attached hydrogens (tertiary/aromatic N) is 1. The van der Waals surface area contributed by atoms with E-state index in [9.17, 15) is 0 Å². The molecule has 0 aromatic heterocycles. The van der Waals surface area contributed by atoms with Gasteiger partial charge in [0.25, 0.3) is 0 Å². The zero-order valence-corrected chi connectivity index (χ0v) is 10.6. The fourth-order valence-electron chi connectivity index (χ4n) is 2.46. The smallest absolute Gasteiger partial charge is 0.0735 e. The molecule has 3 nitrogen and oxygen atoms in total. The summed E-state index contributed by atoms with van der Waals surface area (Å²) < 4.78 is 5.57. The van der Waals surface area contributed by atoms with Gasteiger partial charge < -0.3 is 15.0 Å². The predicted octanol–water partition coefficient (Wildman–Crippen LogP) is 1.34. The molecule has 0 amide bonds. The third kappa shape index (κ3) is 3.74. The minimum absolute atomic E-state index is 0.372. The molecule has 0 bridgehead atoms. The highest BCUT2D eigenvalue weighted by atomic mass is 16.5. The molecule has 1 N–H and O–H groups in total. The number of ether oxygens (including phenoxy) is 1. The SMILES string of the molecule is CNCC(OC)C1CCCN(C(C)C)C1. The Morgan fingerprint density at radius 3 is 2.73 bits per heavy atom. The van der Waals surface area contributed by atoms with E-state index in [1.807, 2.05) is 14.2 Å². The van der Waals surface area contributed by atoms with Gasteiger partial charge in [0, 0.05) is 26.2 Å². The molecule has 1 fully saturated rings. The summed E-state index contributed by atoms with van der Waals surface area (Å²) in [7, 11) is 3.82. The zero-order chi connectivity index (χ0) is 11.3. The van der Waals surface area contributed by atoms with Crippen LogP contribution in [0.3, 0.4) is 0 Å². The van der Waals surface area contributed by atoms with Crippen LogP contribution in [0, 0.1) is 5.92 Å². The van der Waals surface area contributed by atoms with Crippen LogP contribution in [0.25, 0.3) is 0 Å². The summed E-state index contributed by atoms with van der Waals surface area (Å²) in [6, 6.07) is 0.667. The first-order valence-electron chi connectivity index (χ1n) is 6.10. The van der Waals surface area contributed by atoms with Crippen LogP contribution in [0.2, 0.25) is 0 Å². The Bertz CT molecular complexity index is 173. The molecule has 1 aliphatic heterocycles. The Balaban J connectivity index is 2.46. The first-order valence-corrected chi connectivity index (χ1v) is 6.10. The van der Waals surface area contributed by atoms with Crippen LogP contribution < -0.4 is 5.32 Å². The van der Waals surface area contributed by atoms with E-state index in [-0.39, 0.29) is 0 Å². The Morgan fingerprint density at radius 1 is 1.47 bits per heavy atom. The number of rotatable bonds is 5. The standard InChI is InChI=1S/C12H26N2O/c1-10(2)14-7-5-6-11(9-14)12(15-4)8-13-3/h10-13H,5-9H2,1-4H3. The van der Waals surface area contributed by atoms with Crippen molar-refractivity contribution in [2.24, 2.45) is 5.92 Å². The van der Waals surface area contributed by atoms with Gasteiger partial charge in [0.2, 0.25) is 0 Å². The molecule has 2 atom stereocenters. The maximum atomic E-state index is 5.57. The molecule has 1 saturated heterocycles. The summed E-state index contributed by atoms with van der Waals surface area (Å²) in [6.45, 7) is 7.97. The summed E-state index contributed by atoms with van der Waals surface area (Å²) in [6.07, 6.45) is 2.99. The van der Waals surface area contributed by atoms with Gasteiger partial charge in [-0.25, -0.2) is 0 Å². The van der Waals surface area contributed by atoms with Crippen molar-refractivity contribution in [3.63, 3.8) is 0 Å². The Hall–Kier alpha value is -0.120. The Morgan fingerprint density at radius 2 is 2.20 bits per heavy atom. The molecule has 3 heteroatoms. The number of methoxy groups -OCH3 is 1. The van der Waals surface area contributed by atoms with Crippen LogP contribution in [-0.2, 0) is 4.74 Å². The third-order valence-electron chi connectivity index (χ3n) is 3.45. The van der Waals surface area contributed by atoms with Crippen LogP contribution in [0.1, 0.15) is 26.7 Å². The van der Waals surface area contributed by atoms with Crippen LogP contribution in [0.15, 0.2) is 0 Å².